The van der Waals surface area contributed by atoms with Crippen LogP contribution in [0.3, 0.4) is 0 Å². The van der Waals surface area contributed by atoms with Gasteiger partial charge in [-0.3, -0.25) is 10.1 Å². The van der Waals surface area contributed by atoms with Crippen LogP contribution in [0.4, 0.5) is 5.69 Å². The summed E-state index contributed by atoms with van der Waals surface area (Å²) in [6, 6.07) is 8.41. The van der Waals surface area contributed by atoms with Gasteiger partial charge in [0.25, 0.3) is 0 Å². The molecular weight excluding hydrogens is 300 g/mol. The summed E-state index contributed by atoms with van der Waals surface area (Å²) in [5.41, 5.74) is 7.26. The van der Waals surface area contributed by atoms with Crippen LogP contribution >= 0.6 is 0 Å². The molecule has 2 aromatic rings. The number of hydrazone groups is 1. The SMILES string of the molecule is CC(C)c1ccccc1C=C1C=CCOC1=NNc1cnn(C)c1. The molecule has 0 radical (unpaired) electrons. The highest BCUT2D eigenvalue weighted by Gasteiger charge is 2.12. The minimum Gasteiger partial charge on any atom is -0.472 e. The van der Waals surface area contributed by atoms with Gasteiger partial charge in [-0.2, -0.15) is 5.10 Å². The molecule has 3 rings (SSSR count). The number of nitrogens with one attached hydrogen (secondary N) is 1. The second kappa shape index (κ2) is 7.17. The quantitative estimate of drug-likeness (QED) is 0.868. The normalized spacial score (nSPS) is 17.5. The van der Waals surface area contributed by atoms with E-state index in [9.17, 15) is 0 Å². The van der Waals surface area contributed by atoms with Gasteiger partial charge in [0.2, 0.25) is 5.90 Å². The number of anilines is 1. The first-order valence-corrected chi connectivity index (χ1v) is 8.06. The standard InChI is InChI=1S/C19H22N4O/c1-14(2)18-9-5-4-7-15(18)11-16-8-6-10-24-19(16)22-21-17-12-20-23(3)13-17/h4-9,11-14,21H,10H2,1-3H3. The number of aryl methyl sites for hydroxylation is 1. The molecule has 2 heterocycles. The van der Waals surface area contributed by atoms with Gasteiger partial charge in [0.1, 0.15) is 6.61 Å². The third-order valence-corrected chi connectivity index (χ3v) is 3.78. The monoisotopic (exact) mass is 322 g/mol. The summed E-state index contributed by atoms with van der Waals surface area (Å²) < 4.78 is 7.42. The highest BCUT2D eigenvalue weighted by molar-refractivity contribution is 6.02. The van der Waals surface area contributed by atoms with Crippen molar-refractivity contribution in [1.29, 1.82) is 0 Å². The summed E-state index contributed by atoms with van der Waals surface area (Å²) in [4.78, 5) is 0. The summed E-state index contributed by atoms with van der Waals surface area (Å²) >= 11 is 0. The van der Waals surface area contributed by atoms with E-state index in [1.165, 1.54) is 11.1 Å². The van der Waals surface area contributed by atoms with Gasteiger partial charge in [-0.15, -0.1) is 5.10 Å². The maximum Gasteiger partial charge on any atom is 0.238 e. The first-order valence-electron chi connectivity index (χ1n) is 8.06. The van der Waals surface area contributed by atoms with E-state index >= 15 is 0 Å². The zero-order chi connectivity index (χ0) is 16.9. The molecule has 0 amide bonds. The smallest absolute Gasteiger partial charge is 0.238 e. The minimum atomic E-state index is 0.459. The van der Waals surface area contributed by atoms with Crippen LogP contribution in [0.15, 0.2) is 59.5 Å². The highest BCUT2D eigenvalue weighted by Crippen LogP contribution is 2.23. The molecule has 0 aliphatic carbocycles. The van der Waals surface area contributed by atoms with Gasteiger partial charge in [0.15, 0.2) is 0 Å². The van der Waals surface area contributed by atoms with Crippen LogP contribution < -0.4 is 5.43 Å². The number of ether oxygens (including phenoxy) is 1. The Morgan fingerprint density at radius 3 is 2.92 bits per heavy atom. The Hall–Kier alpha value is -2.82. The van der Waals surface area contributed by atoms with Gasteiger partial charge in [-0.05, 0) is 29.2 Å². The molecule has 1 aromatic heterocycles. The Kier molecular flexibility index (Phi) is 4.79. The van der Waals surface area contributed by atoms with E-state index in [4.69, 9.17) is 4.74 Å². The van der Waals surface area contributed by atoms with E-state index in [0.717, 1.165) is 11.3 Å². The fourth-order valence-corrected chi connectivity index (χ4v) is 2.59. The summed E-state index contributed by atoms with van der Waals surface area (Å²) in [6.07, 6.45) is 9.74. The van der Waals surface area contributed by atoms with Crippen molar-refractivity contribution in [2.45, 2.75) is 19.8 Å². The predicted octanol–water partition coefficient (Wildman–Crippen LogP) is 3.94. The van der Waals surface area contributed by atoms with E-state index < -0.39 is 0 Å². The van der Waals surface area contributed by atoms with Crippen molar-refractivity contribution >= 4 is 17.7 Å². The molecule has 0 saturated carbocycles. The first kappa shape index (κ1) is 16.1. The molecule has 5 nitrogen and oxygen atoms in total. The summed E-state index contributed by atoms with van der Waals surface area (Å²) in [6.45, 7) is 4.92. The number of hydrogen-bond acceptors (Lipinski definition) is 4. The number of benzene rings is 1. The Bertz CT molecular complexity index is 799. The van der Waals surface area contributed by atoms with Gasteiger partial charge >= 0.3 is 0 Å². The van der Waals surface area contributed by atoms with Crippen LogP contribution in [-0.4, -0.2) is 22.3 Å². The molecule has 24 heavy (non-hydrogen) atoms. The van der Waals surface area contributed by atoms with Gasteiger partial charge in [-0.25, -0.2) is 0 Å². The molecule has 1 aliphatic rings. The Labute approximate surface area is 142 Å². The van der Waals surface area contributed by atoms with Crippen LogP contribution in [0.1, 0.15) is 30.9 Å². The van der Waals surface area contributed by atoms with E-state index in [-0.39, 0.29) is 0 Å². The van der Waals surface area contributed by atoms with Crippen LogP contribution in [-0.2, 0) is 11.8 Å². The Morgan fingerprint density at radius 2 is 2.17 bits per heavy atom. The van der Waals surface area contributed by atoms with E-state index in [1.807, 2.05) is 25.4 Å². The van der Waals surface area contributed by atoms with E-state index in [0.29, 0.717) is 18.4 Å². The maximum atomic E-state index is 5.70. The van der Waals surface area contributed by atoms with Crippen LogP contribution in [0, 0.1) is 0 Å². The van der Waals surface area contributed by atoms with Gasteiger partial charge in [0, 0.05) is 18.8 Å². The van der Waals surface area contributed by atoms with Crippen molar-refractivity contribution < 1.29 is 4.74 Å². The summed E-state index contributed by atoms with van der Waals surface area (Å²) in [5.74, 6) is 1.04. The fourth-order valence-electron chi connectivity index (χ4n) is 2.59. The predicted molar refractivity (Wildman–Crippen MR) is 97.9 cm³/mol. The Morgan fingerprint density at radius 1 is 1.33 bits per heavy atom. The third-order valence-electron chi connectivity index (χ3n) is 3.78. The summed E-state index contributed by atoms with van der Waals surface area (Å²) in [7, 11) is 1.87. The van der Waals surface area contributed by atoms with Crippen molar-refractivity contribution in [3.8, 4) is 0 Å². The fraction of sp³-hybridized carbons (Fsp3) is 0.263. The summed E-state index contributed by atoms with van der Waals surface area (Å²) in [5, 5.41) is 8.50. The van der Waals surface area contributed by atoms with Gasteiger partial charge < -0.3 is 4.74 Å². The molecule has 1 aromatic carbocycles. The molecule has 0 fully saturated rings. The largest absolute Gasteiger partial charge is 0.472 e. The van der Waals surface area contributed by atoms with Crippen LogP contribution in [0.2, 0.25) is 0 Å². The van der Waals surface area contributed by atoms with Gasteiger partial charge in [-0.1, -0.05) is 44.2 Å². The molecule has 0 atom stereocenters. The first-order chi connectivity index (χ1) is 11.6. The third kappa shape index (κ3) is 3.74. The lowest BCUT2D eigenvalue weighted by molar-refractivity contribution is 0.346. The van der Waals surface area contributed by atoms with Crippen molar-refractivity contribution in [1.82, 2.24) is 9.78 Å². The maximum absolute atomic E-state index is 5.70. The molecule has 1 aliphatic heterocycles. The van der Waals surface area contributed by atoms with E-state index in [1.54, 1.807) is 10.9 Å². The van der Waals surface area contributed by atoms with Gasteiger partial charge in [0.05, 0.1) is 11.9 Å². The second-order valence-corrected chi connectivity index (χ2v) is 6.03. The second-order valence-electron chi connectivity index (χ2n) is 6.03. The number of hydrogen-bond donors (Lipinski definition) is 1. The van der Waals surface area contributed by atoms with Crippen LogP contribution in [0.5, 0.6) is 0 Å². The Balaban J connectivity index is 1.89. The zero-order valence-corrected chi connectivity index (χ0v) is 14.2. The number of nitrogens with zero attached hydrogens (tertiary/aromatic N) is 3. The lowest BCUT2D eigenvalue weighted by Crippen LogP contribution is -2.13. The molecule has 124 valence electrons. The van der Waals surface area contributed by atoms with Crippen molar-refractivity contribution in [3.63, 3.8) is 0 Å². The molecule has 0 bridgehead atoms. The highest BCUT2D eigenvalue weighted by atomic mass is 16.5. The van der Waals surface area contributed by atoms with Crippen molar-refractivity contribution in [2.24, 2.45) is 12.1 Å². The average Bonchev–Trinajstić information content (AvgIpc) is 3.00. The molecular formula is C19H22N4O. The molecule has 1 N–H and O–H groups in total. The van der Waals surface area contributed by atoms with Crippen molar-refractivity contribution in [2.75, 3.05) is 12.0 Å². The lowest BCUT2D eigenvalue weighted by atomic mass is 9.95. The van der Waals surface area contributed by atoms with Crippen molar-refractivity contribution in [3.05, 3.63) is 65.5 Å². The lowest BCUT2D eigenvalue weighted by Gasteiger charge is -2.15. The minimum absolute atomic E-state index is 0.459. The zero-order valence-electron chi connectivity index (χ0n) is 14.2. The molecule has 0 spiro atoms. The van der Waals surface area contributed by atoms with Crippen LogP contribution in [0.25, 0.3) is 6.08 Å². The molecule has 5 heteroatoms. The average molecular weight is 322 g/mol. The topological polar surface area (TPSA) is 51.4 Å². The molecule has 0 saturated heterocycles. The van der Waals surface area contributed by atoms with E-state index in [2.05, 4.69) is 59.8 Å². The molecule has 0 unspecified atom stereocenters. The number of aromatic nitrogens is 2. The number of rotatable bonds is 4.